The molecule has 0 saturated carbocycles. The number of ketones is 2. The number of carbonyl (C=O) groups excluding carboxylic acids is 4. The molecule has 38 heavy (non-hydrogen) atoms. The number of hydrogen-bond acceptors (Lipinski definition) is 11. The van der Waals surface area contributed by atoms with Gasteiger partial charge in [0, 0.05) is 24.3 Å². The van der Waals surface area contributed by atoms with E-state index in [1.807, 2.05) is 0 Å². The molecular formula is C26H30N2O10. The van der Waals surface area contributed by atoms with Crippen molar-refractivity contribution < 1.29 is 49.4 Å². The fraction of sp³-hybridized carbons (Fsp3) is 0.385. The van der Waals surface area contributed by atoms with E-state index in [0.717, 1.165) is 6.26 Å². The van der Waals surface area contributed by atoms with E-state index >= 15 is 0 Å². The van der Waals surface area contributed by atoms with E-state index in [0.29, 0.717) is 0 Å². The van der Waals surface area contributed by atoms with Gasteiger partial charge in [-0.15, -0.1) is 0 Å². The van der Waals surface area contributed by atoms with Crippen molar-refractivity contribution in [2.24, 2.45) is 17.6 Å². The Morgan fingerprint density at radius 3 is 2.26 bits per heavy atom. The van der Waals surface area contributed by atoms with Crippen molar-refractivity contribution in [3.63, 3.8) is 0 Å². The molecule has 204 valence electrons. The zero-order valence-electron chi connectivity index (χ0n) is 21.3. The largest absolute Gasteiger partial charge is 0.510 e. The molecular weight excluding hydrogens is 500 g/mol. The number of carbonyl (C=O) groups is 4. The van der Waals surface area contributed by atoms with Gasteiger partial charge in [0.1, 0.15) is 22.8 Å². The first kappa shape index (κ1) is 28.6. The van der Waals surface area contributed by atoms with Crippen LogP contribution in [0, 0.1) is 11.8 Å². The van der Waals surface area contributed by atoms with E-state index in [1.54, 1.807) is 0 Å². The van der Waals surface area contributed by atoms with E-state index in [9.17, 15) is 44.7 Å². The number of amides is 1. The van der Waals surface area contributed by atoms with Gasteiger partial charge in [0.05, 0.1) is 23.5 Å². The third-order valence-corrected chi connectivity index (χ3v) is 7.27. The topological polar surface area (TPSA) is 208 Å². The predicted molar refractivity (Wildman–Crippen MR) is 132 cm³/mol. The maximum atomic E-state index is 13.3. The Morgan fingerprint density at radius 1 is 1.18 bits per heavy atom. The number of benzene rings is 1. The van der Waals surface area contributed by atoms with Crippen LogP contribution in [0.1, 0.15) is 36.2 Å². The van der Waals surface area contributed by atoms with Gasteiger partial charge in [0.25, 0.3) is 5.91 Å². The number of Topliss-reactive ketones (excluding diaryl/α,β-unsaturated/α-hetero) is 2. The van der Waals surface area contributed by atoms with E-state index in [-0.39, 0.29) is 23.5 Å². The molecule has 0 bridgehead atoms. The zero-order chi connectivity index (χ0) is 28.9. The summed E-state index contributed by atoms with van der Waals surface area (Å²) in [7, 11) is 3.06. The van der Waals surface area contributed by atoms with Crippen molar-refractivity contribution in [1.29, 1.82) is 0 Å². The highest BCUT2D eigenvalue weighted by atomic mass is 16.5. The molecule has 0 heterocycles. The van der Waals surface area contributed by atoms with Gasteiger partial charge in [-0.05, 0) is 39.1 Å². The van der Waals surface area contributed by atoms with Crippen molar-refractivity contribution in [2.75, 3.05) is 14.1 Å². The molecule has 0 aromatic heterocycles. The Hall–Kier alpha value is -4.00. The van der Waals surface area contributed by atoms with Crippen LogP contribution >= 0.6 is 0 Å². The molecule has 7 N–H and O–H groups in total. The van der Waals surface area contributed by atoms with Gasteiger partial charge in [0.2, 0.25) is 5.78 Å². The van der Waals surface area contributed by atoms with Crippen LogP contribution in [-0.4, -0.2) is 79.6 Å². The third-order valence-electron chi connectivity index (χ3n) is 7.27. The van der Waals surface area contributed by atoms with Gasteiger partial charge in [0.15, 0.2) is 11.4 Å². The number of nitrogens with two attached hydrogens (primary N) is 1. The van der Waals surface area contributed by atoms with Crippen LogP contribution < -0.4 is 5.73 Å². The number of phenolic OH excluding ortho intramolecular Hbond substituents is 1. The molecule has 0 fully saturated rings. The fourth-order valence-electron chi connectivity index (χ4n) is 5.63. The first-order chi connectivity index (χ1) is 17.5. The van der Waals surface area contributed by atoms with Gasteiger partial charge < -0.3 is 36.0 Å². The molecule has 12 nitrogen and oxygen atoms in total. The second-order valence-electron chi connectivity index (χ2n) is 9.74. The first-order valence-corrected chi connectivity index (χ1v) is 11.5. The number of primary amides is 1. The lowest BCUT2D eigenvalue weighted by atomic mass is 9.55. The Bertz CT molecular complexity index is 1310. The van der Waals surface area contributed by atoms with Crippen molar-refractivity contribution in [3.05, 3.63) is 64.8 Å². The first-order valence-electron chi connectivity index (χ1n) is 11.5. The molecule has 0 saturated heterocycles. The monoisotopic (exact) mass is 530 g/mol. The Labute approximate surface area is 217 Å². The number of fused-ring (bicyclic) bond motifs is 3. The molecule has 1 aromatic carbocycles. The summed E-state index contributed by atoms with van der Waals surface area (Å²) in [5.74, 6) is -8.22. The molecule has 1 amide bonds. The average Bonchev–Trinajstić information content (AvgIpc) is 2.79. The number of phenols is 1. The molecule has 0 aliphatic heterocycles. The SMILES string of the molecule is C=COC(C)=O.CN(C)[C@@H]1C(O)=C(C(N)=O)C(=O)[C@@]2(O)C(O)=C3C(=O)c4c(O)cccc4[C@@](C)(O)[C@H]3C[C@@H]12. The van der Waals surface area contributed by atoms with E-state index in [1.165, 1.54) is 51.0 Å². The van der Waals surface area contributed by atoms with Gasteiger partial charge >= 0.3 is 5.97 Å². The van der Waals surface area contributed by atoms with Crippen molar-refractivity contribution in [2.45, 2.75) is 37.5 Å². The number of likely N-dealkylation sites (N-methyl/N-ethyl adjacent to an activating group) is 1. The summed E-state index contributed by atoms with van der Waals surface area (Å²) in [6, 6.07) is 3.05. The van der Waals surface area contributed by atoms with E-state index in [2.05, 4.69) is 11.3 Å². The minimum Gasteiger partial charge on any atom is -0.510 e. The lowest BCUT2D eigenvalue weighted by Gasteiger charge is -2.52. The van der Waals surface area contributed by atoms with Crippen molar-refractivity contribution in [3.8, 4) is 5.75 Å². The smallest absolute Gasteiger partial charge is 0.307 e. The Morgan fingerprint density at radius 2 is 1.79 bits per heavy atom. The summed E-state index contributed by atoms with van der Waals surface area (Å²) in [4.78, 5) is 49.6. The maximum absolute atomic E-state index is 13.3. The maximum Gasteiger partial charge on any atom is 0.307 e. The molecule has 5 atom stereocenters. The van der Waals surface area contributed by atoms with E-state index < -0.39 is 75.0 Å². The van der Waals surface area contributed by atoms with Crippen molar-refractivity contribution in [1.82, 2.24) is 4.90 Å². The molecule has 0 spiro atoms. The summed E-state index contributed by atoms with van der Waals surface area (Å²) < 4.78 is 4.17. The highest BCUT2D eigenvalue weighted by Gasteiger charge is 2.65. The average molecular weight is 531 g/mol. The summed E-state index contributed by atoms with van der Waals surface area (Å²) >= 11 is 0. The second-order valence-corrected chi connectivity index (χ2v) is 9.74. The van der Waals surface area contributed by atoms with Gasteiger partial charge in [-0.2, -0.15) is 0 Å². The zero-order valence-corrected chi connectivity index (χ0v) is 21.3. The highest BCUT2D eigenvalue weighted by molar-refractivity contribution is 6.24. The third kappa shape index (κ3) is 4.06. The molecule has 3 aliphatic carbocycles. The number of aromatic hydroxyl groups is 1. The lowest BCUT2D eigenvalue weighted by Crippen LogP contribution is -2.65. The number of rotatable bonds is 3. The van der Waals surface area contributed by atoms with Gasteiger partial charge in [-0.25, -0.2) is 0 Å². The van der Waals surface area contributed by atoms with Crippen LogP contribution in [0.3, 0.4) is 0 Å². The second kappa shape index (κ2) is 9.71. The molecule has 1 aromatic rings. The van der Waals surface area contributed by atoms with Crippen LogP contribution in [0.5, 0.6) is 5.75 Å². The van der Waals surface area contributed by atoms with Crippen LogP contribution in [0.15, 0.2) is 53.7 Å². The molecule has 12 heteroatoms. The van der Waals surface area contributed by atoms with Crippen LogP contribution in [0.2, 0.25) is 0 Å². The fourth-order valence-corrected chi connectivity index (χ4v) is 5.63. The summed E-state index contributed by atoms with van der Waals surface area (Å²) in [6.45, 7) is 5.88. The number of aliphatic hydroxyl groups is 4. The minimum absolute atomic E-state index is 0.135. The molecule has 0 radical (unpaired) electrons. The Balaban J connectivity index is 0.000000599. The van der Waals surface area contributed by atoms with Gasteiger partial charge in [-0.1, -0.05) is 18.7 Å². The van der Waals surface area contributed by atoms with Crippen molar-refractivity contribution >= 4 is 23.4 Å². The normalized spacial score (nSPS) is 30.0. The van der Waals surface area contributed by atoms with Crippen LogP contribution in [-0.2, 0) is 24.7 Å². The summed E-state index contributed by atoms with van der Waals surface area (Å²) in [5, 5.41) is 55.0. The van der Waals surface area contributed by atoms with Gasteiger partial charge in [-0.3, -0.25) is 24.1 Å². The predicted octanol–water partition coefficient (Wildman–Crippen LogP) is 0.479. The number of esters is 1. The van der Waals surface area contributed by atoms with E-state index in [4.69, 9.17) is 5.73 Å². The van der Waals surface area contributed by atoms with Crippen LogP contribution in [0.25, 0.3) is 0 Å². The number of nitrogens with zero attached hydrogens (tertiary/aromatic N) is 1. The van der Waals surface area contributed by atoms with Crippen LogP contribution in [0.4, 0.5) is 0 Å². The summed E-state index contributed by atoms with van der Waals surface area (Å²) in [5.41, 5.74) is -0.654. The number of ether oxygens (including phenoxy) is 1. The standard InChI is InChI=1S/C22H24N2O8.C4H6O2/c1-21(31)8-5-4-6-11(25)12(8)16(26)13-9(21)7-10-15(24(2)3)17(27)14(20(23)30)19(29)22(10,32)18(13)28;1-3-6-4(2)5/h4-6,9-10,15,25,27-28,31-32H,7H2,1-3H3,(H2,23,30);3H,1H2,2H3/t9-,10-,15-,21+,22-;/m0./s1. The highest BCUT2D eigenvalue weighted by Crippen LogP contribution is 2.56. The molecule has 0 unspecified atom stereocenters. The molecule has 3 aliphatic rings. The summed E-state index contributed by atoms with van der Waals surface area (Å²) in [6.07, 6.45) is 0.900. The minimum atomic E-state index is -2.75. The molecule has 4 rings (SSSR count). The number of aliphatic hydroxyl groups excluding tert-OH is 2. The Kier molecular flexibility index (Phi) is 7.30. The quantitative estimate of drug-likeness (QED) is 0.180. The number of hydrogen-bond donors (Lipinski definition) is 6. The lowest BCUT2D eigenvalue weighted by molar-refractivity contribution is -0.152.